The third kappa shape index (κ3) is 6.81. The molecule has 2 heterocycles. The molecule has 0 saturated carbocycles. The van der Waals surface area contributed by atoms with E-state index in [1.807, 2.05) is 60.7 Å². The lowest BCUT2D eigenvalue weighted by Crippen LogP contribution is -2.25. The number of nitrogens with zero attached hydrogens (tertiary/aromatic N) is 4. The average Bonchev–Trinajstić information content (AvgIpc) is 3.00. The van der Waals surface area contributed by atoms with E-state index in [4.69, 9.17) is 9.47 Å². The summed E-state index contributed by atoms with van der Waals surface area (Å²) in [5, 5.41) is 9.89. The van der Waals surface area contributed by atoms with Crippen molar-refractivity contribution in [2.75, 3.05) is 13.2 Å². The number of rotatable bonds is 10. The number of hydrogen-bond donors (Lipinski definition) is 2. The predicted octanol–water partition coefficient (Wildman–Crippen LogP) is 3.84. The van der Waals surface area contributed by atoms with Gasteiger partial charge in [0.25, 0.3) is 11.8 Å². The highest BCUT2D eigenvalue weighted by atomic mass is 16.5. The number of pyridine rings is 2. The van der Waals surface area contributed by atoms with Gasteiger partial charge >= 0.3 is 0 Å². The van der Waals surface area contributed by atoms with Crippen molar-refractivity contribution in [2.24, 2.45) is 10.2 Å². The molecule has 3 aromatic carbocycles. The van der Waals surface area contributed by atoms with Crippen LogP contribution in [0.3, 0.4) is 0 Å². The van der Waals surface area contributed by atoms with E-state index in [1.54, 1.807) is 49.1 Å². The zero-order valence-corrected chi connectivity index (χ0v) is 21.2. The van der Waals surface area contributed by atoms with Crippen LogP contribution in [-0.4, -0.2) is 47.4 Å². The Morgan fingerprint density at radius 2 is 1.05 bits per heavy atom. The standard InChI is InChI=1S/C30H24N6O4/c37-29(35-33-17-21-13-15-31-27-7-3-1-5-25(21)27)19-39-23-9-11-24(12-10-23)40-20-30(38)36-34-18-22-14-16-32-28-8-4-2-6-26(22)28/h1-18H,19-20H2,(H,35,37)(H,36,38)/b33-17+,34-18+. The second-order valence-corrected chi connectivity index (χ2v) is 8.47. The maximum Gasteiger partial charge on any atom is 0.277 e. The summed E-state index contributed by atoms with van der Waals surface area (Å²) >= 11 is 0. The summed E-state index contributed by atoms with van der Waals surface area (Å²) < 4.78 is 11.0. The van der Waals surface area contributed by atoms with Crippen molar-refractivity contribution in [3.8, 4) is 11.5 Å². The highest BCUT2D eigenvalue weighted by Crippen LogP contribution is 2.18. The van der Waals surface area contributed by atoms with Gasteiger partial charge in [0.05, 0.1) is 23.5 Å². The van der Waals surface area contributed by atoms with Gasteiger partial charge < -0.3 is 9.47 Å². The third-order valence-electron chi connectivity index (χ3n) is 5.71. The summed E-state index contributed by atoms with van der Waals surface area (Å²) in [5.41, 5.74) is 8.26. The maximum atomic E-state index is 12.1. The first-order valence-corrected chi connectivity index (χ1v) is 12.3. The Hall–Kier alpha value is -5.64. The molecule has 2 N–H and O–H groups in total. The topological polar surface area (TPSA) is 127 Å². The molecule has 0 radical (unpaired) electrons. The van der Waals surface area contributed by atoms with Crippen molar-refractivity contribution in [3.05, 3.63) is 108 Å². The van der Waals surface area contributed by atoms with Crippen LogP contribution < -0.4 is 20.3 Å². The molecule has 10 nitrogen and oxygen atoms in total. The zero-order valence-electron chi connectivity index (χ0n) is 21.2. The van der Waals surface area contributed by atoms with Crippen LogP contribution in [0.5, 0.6) is 11.5 Å². The third-order valence-corrected chi connectivity index (χ3v) is 5.71. The summed E-state index contributed by atoms with van der Waals surface area (Å²) in [6.07, 6.45) is 6.51. The van der Waals surface area contributed by atoms with Gasteiger partial charge in [-0.3, -0.25) is 19.6 Å². The number of hydrogen-bond acceptors (Lipinski definition) is 8. The van der Waals surface area contributed by atoms with Crippen LogP contribution >= 0.6 is 0 Å². The first-order valence-electron chi connectivity index (χ1n) is 12.3. The lowest BCUT2D eigenvalue weighted by Gasteiger charge is -2.08. The van der Waals surface area contributed by atoms with Crippen molar-refractivity contribution in [3.63, 3.8) is 0 Å². The number of carbonyl (C=O) groups excluding carboxylic acids is 2. The van der Waals surface area contributed by atoms with Crippen molar-refractivity contribution in [1.29, 1.82) is 0 Å². The van der Waals surface area contributed by atoms with Gasteiger partial charge in [-0.05, 0) is 48.5 Å². The van der Waals surface area contributed by atoms with E-state index in [0.717, 1.165) is 32.9 Å². The minimum atomic E-state index is -0.410. The van der Waals surface area contributed by atoms with Crippen LogP contribution in [0, 0.1) is 0 Å². The highest BCUT2D eigenvalue weighted by molar-refractivity contribution is 5.99. The van der Waals surface area contributed by atoms with E-state index >= 15 is 0 Å². The molecule has 0 fully saturated rings. The lowest BCUT2D eigenvalue weighted by molar-refractivity contribution is -0.123. The Balaban J connectivity index is 1.04. The molecule has 0 saturated heterocycles. The second kappa shape index (κ2) is 12.7. The predicted molar refractivity (Wildman–Crippen MR) is 152 cm³/mol. The Morgan fingerprint density at radius 1 is 0.625 bits per heavy atom. The van der Waals surface area contributed by atoms with E-state index in [1.165, 1.54) is 0 Å². The van der Waals surface area contributed by atoms with Gasteiger partial charge in [0.15, 0.2) is 13.2 Å². The normalized spacial score (nSPS) is 11.2. The first kappa shape index (κ1) is 26.0. The smallest absolute Gasteiger partial charge is 0.277 e. The first-order chi connectivity index (χ1) is 19.7. The molecule has 0 unspecified atom stereocenters. The number of ether oxygens (including phenoxy) is 2. The van der Waals surface area contributed by atoms with Gasteiger partial charge in [-0.1, -0.05) is 36.4 Å². The van der Waals surface area contributed by atoms with E-state index in [9.17, 15) is 9.59 Å². The lowest BCUT2D eigenvalue weighted by atomic mass is 10.1. The van der Waals surface area contributed by atoms with Crippen LogP contribution in [0.1, 0.15) is 11.1 Å². The van der Waals surface area contributed by atoms with Crippen molar-refractivity contribution >= 4 is 46.0 Å². The number of nitrogens with one attached hydrogen (secondary N) is 2. The molecule has 0 aliphatic rings. The quantitative estimate of drug-likeness (QED) is 0.208. The molecule has 5 rings (SSSR count). The molecule has 0 aliphatic carbocycles. The monoisotopic (exact) mass is 532 g/mol. The van der Waals surface area contributed by atoms with E-state index < -0.39 is 11.8 Å². The molecule has 5 aromatic rings. The molecule has 0 aliphatic heterocycles. The summed E-state index contributed by atoms with van der Waals surface area (Å²) in [7, 11) is 0. The number of carbonyl (C=O) groups is 2. The van der Waals surface area contributed by atoms with Crippen LogP contribution in [-0.2, 0) is 9.59 Å². The van der Waals surface area contributed by atoms with Crippen molar-refractivity contribution in [1.82, 2.24) is 20.8 Å². The number of para-hydroxylation sites is 2. The summed E-state index contributed by atoms with van der Waals surface area (Å²) in [6, 6.07) is 25.5. The Kier molecular flexibility index (Phi) is 8.28. The van der Waals surface area contributed by atoms with Crippen molar-refractivity contribution < 1.29 is 19.1 Å². The molecule has 40 heavy (non-hydrogen) atoms. The fourth-order valence-electron chi connectivity index (χ4n) is 3.80. The molecule has 10 heteroatoms. The minimum absolute atomic E-state index is 0.220. The van der Waals surface area contributed by atoms with Gasteiger partial charge in [0.1, 0.15) is 11.5 Å². The number of aromatic nitrogens is 2. The second-order valence-electron chi connectivity index (χ2n) is 8.47. The van der Waals surface area contributed by atoms with Crippen LogP contribution in [0.25, 0.3) is 21.8 Å². The fraction of sp³-hybridized carbons (Fsp3) is 0.0667. The largest absolute Gasteiger partial charge is 0.484 e. The highest BCUT2D eigenvalue weighted by Gasteiger charge is 2.05. The summed E-state index contributed by atoms with van der Waals surface area (Å²) in [4.78, 5) is 32.8. The van der Waals surface area contributed by atoms with Gasteiger partial charge in [-0.25, -0.2) is 10.9 Å². The molecule has 0 bridgehead atoms. The molecule has 198 valence electrons. The van der Waals surface area contributed by atoms with Gasteiger partial charge in [0, 0.05) is 34.3 Å². The van der Waals surface area contributed by atoms with Crippen LogP contribution in [0.15, 0.2) is 108 Å². The molecule has 0 atom stereocenters. The molecule has 2 aromatic heterocycles. The van der Waals surface area contributed by atoms with E-state index in [2.05, 4.69) is 31.0 Å². The fourth-order valence-corrected chi connectivity index (χ4v) is 3.80. The summed E-state index contributed by atoms with van der Waals surface area (Å²) in [6.45, 7) is -0.441. The molecular weight excluding hydrogens is 508 g/mol. The number of amides is 2. The minimum Gasteiger partial charge on any atom is -0.484 e. The van der Waals surface area contributed by atoms with Crippen molar-refractivity contribution in [2.45, 2.75) is 0 Å². The maximum absolute atomic E-state index is 12.1. The molecule has 0 spiro atoms. The molecular formula is C30H24N6O4. The Morgan fingerprint density at radius 3 is 1.50 bits per heavy atom. The van der Waals surface area contributed by atoms with Gasteiger partial charge in [0.2, 0.25) is 0 Å². The van der Waals surface area contributed by atoms with Crippen LogP contribution in [0.2, 0.25) is 0 Å². The number of fused-ring (bicyclic) bond motifs is 2. The Labute approximate surface area is 229 Å². The Bertz CT molecular complexity index is 1570. The number of hydrazone groups is 2. The SMILES string of the molecule is O=C(COc1ccc(OCC(=O)N/N=C/c2ccnc3ccccc23)cc1)N/N=C/c1ccnc2ccccc12. The van der Waals surface area contributed by atoms with E-state index in [0.29, 0.717) is 11.5 Å². The van der Waals surface area contributed by atoms with Crippen LogP contribution in [0.4, 0.5) is 0 Å². The average molecular weight is 533 g/mol. The van der Waals surface area contributed by atoms with Gasteiger partial charge in [-0.15, -0.1) is 0 Å². The van der Waals surface area contributed by atoms with Gasteiger partial charge in [-0.2, -0.15) is 10.2 Å². The summed E-state index contributed by atoms with van der Waals surface area (Å²) in [5.74, 6) is 0.106. The van der Waals surface area contributed by atoms with E-state index in [-0.39, 0.29) is 13.2 Å². The molecule has 2 amide bonds. The zero-order chi connectivity index (χ0) is 27.6. The number of benzene rings is 3.